The lowest BCUT2D eigenvalue weighted by atomic mass is 10.1. The Balaban J connectivity index is 1.10. The summed E-state index contributed by atoms with van der Waals surface area (Å²) >= 11 is 0. The predicted octanol–water partition coefficient (Wildman–Crippen LogP) is 2.67. The number of piperidine rings is 2. The van der Waals surface area contributed by atoms with Gasteiger partial charge in [-0.05, 0) is 67.8 Å². The number of fused-ring (bicyclic) bond motifs is 1. The zero-order valence-electron chi connectivity index (χ0n) is 15.6. The maximum atomic E-state index is 9.60. The van der Waals surface area contributed by atoms with Crippen LogP contribution in [0, 0.1) is 17.8 Å². The molecule has 1 aliphatic carbocycles. The molecule has 0 unspecified atom stereocenters. The van der Waals surface area contributed by atoms with Crippen molar-refractivity contribution in [1.82, 2.24) is 9.80 Å². The summed E-state index contributed by atoms with van der Waals surface area (Å²) < 4.78 is 5.96. The molecule has 0 radical (unpaired) electrons. The predicted molar refractivity (Wildman–Crippen MR) is 101 cm³/mol. The van der Waals surface area contributed by atoms with Gasteiger partial charge in [0, 0.05) is 38.9 Å². The van der Waals surface area contributed by atoms with Gasteiger partial charge in [0.05, 0.1) is 6.61 Å². The number of hydrogen-bond donors (Lipinski definition) is 2. The molecule has 1 aromatic carbocycles. The van der Waals surface area contributed by atoms with E-state index >= 15 is 0 Å². The number of aromatic hydroxyl groups is 2. The summed E-state index contributed by atoms with van der Waals surface area (Å²) in [5.41, 5.74) is 0.981. The lowest BCUT2D eigenvalue weighted by Gasteiger charge is -2.26. The Hall–Kier alpha value is -1.30. The molecular weight excluding hydrogens is 328 g/mol. The molecule has 26 heavy (non-hydrogen) atoms. The molecule has 144 valence electrons. The number of likely N-dealkylation sites (tertiary alicyclic amines) is 2. The van der Waals surface area contributed by atoms with Crippen molar-refractivity contribution in [3.05, 3.63) is 23.8 Å². The van der Waals surface area contributed by atoms with Gasteiger partial charge in [0.15, 0.2) is 0 Å². The third-order valence-electron chi connectivity index (χ3n) is 6.34. The molecule has 0 amide bonds. The van der Waals surface area contributed by atoms with E-state index in [4.69, 9.17) is 4.74 Å². The van der Waals surface area contributed by atoms with E-state index in [0.717, 1.165) is 62.6 Å². The standard InChI is InChI=1S/C21H32N2O3/c24-17-9-16(10-18(25)11-17)12-23-13-19-20(14-23)21(19)15-26-8-4-7-22-5-2-1-3-6-22/h9-11,19-21,24-25H,1-8,12-15H2/t19-,20+,21-. The molecule has 4 rings (SSSR count). The molecule has 3 fully saturated rings. The molecule has 2 aliphatic heterocycles. The summed E-state index contributed by atoms with van der Waals surface area (Å²) in [5.74, 6) is 2.59. The van der Waals surface area contributed by atoms with Crippen molar-refractivity contribution in [3.63, 3.8) is 0 Å². The van der Waals surface area contributed by atoms with E-state index in [0.29, 0.717) is 0 Å². The molecule has 0 aromatic heterocycles. The first-order valence-corrected chi connectivity index (χ1v) is 10.2. The Kier molecular flexibility index (Phi) is 5.67. The van der Waals surface area contributed by atoms with Crippen LogP contribution in [0.25, 0.3) is 0 Å². The van der Waals surface area contributed by atoms with Crippen molar-refractivity contribution in [2.45, 2.75) is 32.2 Å². The first-order valence-electron chi connectivity index (χ1n) is 10.2. The zero-order valence-corrected chi connectivity index (χ0v) is 15.6. The van der Waals surface area contributed by atoms with Gasteiger partial charge in [0.25, 0.3) is 0 Å². The van der Waals surface area contributed by atoms with E-state index in [1.165, 1.54) is 45.0 Å². The Bertz CT molecular complexity index is 571. The second-order valence-electron chi connectivity index (χ2n) is 8.37. The van der Waals surface area contributed by atoms with Gasteiger partial charge in [-0.15, -0.1) is 0 Å². The fourth-order valence-corrected chi connectivity index (χ4v) is 4.91. The van der Waals surface area contributed by atoms with Crippen LogP contribution in [0.4, 0.5) is 0 Å². The largest absolute Gasteiger partial charge is 0.508 e. The summed E-state index contributed by atoms with van der Waals surface area (Å²) in [6, 6.07) is 4.86. The monoisotopic (exact) mass is 360 g/mol. The average Bonchev–Trinajstić information content (AvgIpc) is 3.06. The topological polar surface area (TPSA) is 56.2 Å². The summed E-state index contributed by atoms with van der Waals surface area (Å²) in [6.07, 6.45) is 5.30. The van der Waals surface area contributed by atoms with Crippen molar-refractivity contribution >= 4 is 0 Å². The van der Waals surface area contributed by atoms with Crippen molar-refractivity contribution < 1.29 is 14.9 Å². The van der Waals surface area contributed by atoms with Gasteiger partial charge in [-0.1, -0.05) is 6.42 Å². The van der Waals surface area contributed by atoms with Gasteiger partial charge in [-0.3, -0.25) is 4.90 Å². The molecule has 3 aliphatic rings. The molecule has 5 nitrogen and oxygen atoms in total. The Morgan fingerprint density at radius 3 is 2.31 bits per heavy atom. The normalized spacial score (nSPS) is 29.0. The minimum atomic E-state index is 0.139. The smallest absolute Gasteiger partial charge is 0.119 e. The second-order valence-corrected chi connectivity index (χ2v) is 8.37. The molecule has 0 bridgehead atoms. The molecule has 2 heterocycles. The quantitative estimate of drug-likeness (QED) is 0.698. The number of phenolic OH excluding ortho intramolecular Hbond substituents is 2. The lowest BCUT2D eigenvalue weighted by molar-refractivity contribution is 0.0967. The summed E-state index contributed by atoms with van der Waals surface area (Å²) in [4.78, 5) is 5.01. The van der Waals surface area contributed by atoms with Gasteiger partial charge in [0.2, 0.25) is 0 Å². The van der Waals surface area contributed by atoms with E-state index in [1.54, 1.807) is 12.1 Å². The van der Waals surface area contributed by atoms with Crippen molar-refractivity contribution in [3.8, 4) is 11.5 Å². The van der Waals surface area contributed by atoms with Crippen LogP contribution in [0.1, 0.15) is 31.2 Å². The molecule has 5 heteroatoms. The first kappa shape index (κ1) is 18.1. The Morgan fingerprint density at radius 1 is 0.923 bits per heavy atom. The van der Waals surface area contributed by atoms with Crippen molar-refractivity contribution in [2.75, 3.05) is 45.9 Å². The average molecular weight is 360 g/mol. The van der Waals surface area contributed by atoms with E-state index in [9.17, 15) is 10.2 Å². The SMILES string of the molecule is Oc1cc(O)cc(CN2C[C@@H]3[C@H](COCCCN4CCCCC4)[C@@H]3C2)c1. The van der Waals surface area contributed by atoms with Crippen molar-refractivity contribution in [1.29, 1.82) is 0 Å². The maximum Gasteiger partial charge on any atom is 0.119 e. The number of rotatable bonds is 8. The van der Waals surface area contributed by atoms with Crippen LogP contribution in [-0.2, 0) is 11.3 Å². The van der Waals surface area contributed by atoms with Crippen LogP contribution in [-0.4, -0.2) is 66.0 Å². The van der Waals surface area contributed by atoms with Crippen LogP contribution < -0.4 is 0 Å². The van der Waals surface area contributed by atoms with Gasteiger partial charge >= 0.3 is 0 Å². The second kappa shape index (κ2) is 8.15. The van der Waals surface area contributed by atoms with Crippen LogP contribution in [0.2, 0.25) is 0 Å². The highest BCUT2D eigenvalue weighted by atomic mass is 16.5. The third kappa shape index (κ3) is 4.51. The highest BCUT2D eigenvalue weighted by molar-refractivity contribution is 5.36. The number of nitrogens with zero attached hydrogens (tertiary/aromatic N) is 2. The number of ether oxygens (including phenoxy) is 1. The molecular formula is C21H32N2O3. The molecule has 1 aromatic rings. The van der Waals surface area contributed by atoms with Crippen LogP contribution in [0.5, 0.6) is 11.5 Å². The Morgan fingerprint density at radius 2 is 1.62 bits per heavy atom. The Labute approximate surface area is 156 Å². The molecule has 0 spiro atoms. The van der Waals surface area contributed by atoms with E-state index in [2.05, 4.69) is 9.80 Å². The first-order chi connectivity index (χ1) is 12.7. The fraction of sp³-hybridized carbons (Fsp3) is 0.714. The highest BCUT2D eigenvalue weighted by Crippen LogP contribution is 2.52. The van der Waals surface area contributed by atoms with E-state index < -0.39 is 0 Å². The molecule has 1 saturated carbocycles. The van der Waals surface area contributed by atoms with Gasteiger partial charge in [-0.25, -0.2) is 0 Å². The molecule has 2 saturated heterocycles. The number of hydrogen-bond acceptors (Lipinski definition) is 5. The minimum absolute atomic E-state index is 0.139. The minimum Gasteiger partial charge on any atom is -0.508 e. The van der Waals surface area contributed by atoms with E-state index in [-0.39, 0.29) is 11.5 Å². The summed E-state index contributed by atoms with van der Waals surface area (Å²) in [5, 5.41) is 19.2. The van der Waals surface area contributed by atoms with Gasteiger partial charge in [-0.2, -0.15) is 0 Å². The summed E-state index contributed by atoms with van der Waals surface area (Å²) in [7, 11) is 0. The maximum absolute atomic E-state index is 9.60. The van der Waals surface area contributed by atoms with Gasteiger partial charge in [0.1, 0.15) is 11.5 Å². The highest BCUT2D eigenvalue weighted by Gasteiger charge is 2.55. The fourth-order valence-electron chi connectivity index (χ4n) is 4.91. The van der Waals surface area contributed by atoms with Crippen LogP contribution >= 0.6 is 0 Å². The number of phenols is 2. The summed E-state index contributed by atoms with van der Waals surface area (Å²) in [6.45, 7) is 8.61. The number of benzene rings is 1. The molecule has 3 atom stereocenters. The third-order valence-corrected chi connectivity index (χ3v) is 6.34. The molecule has 2 N–H and O–H groups in total. The van der Waals surface area contributed by atoms with E-state index in [1.807, 2.05) is 0 Å². The zero-order chi connectivity index (χ0) is 17.9. The van der Waals surface area contributed by atoms with Crippen LogP contribution in [0.15, 0.2) is 18.2 Å². The van der Waals surface area contributed by atoms with Crippen LogP contribution in [0.3, 0.4) is 0 Å². The van der Waals surface area contributed by atoms with Crippen molar-refractivity contribution in [2.24, 2.45) is 17.8 Å². The van der Waals surface area contributed by atoms with Gasteiger partial charge < -0.3 is 19.8 Å². The lowest BCUT2D eigenvalue weighted by Crippen LogP contribution is -2.31.